The third-order valence-electron chi connectivity index (χ3n) is 3.40. The van der Waals surface area contributed by atoms with Crippen LogP contribution in [0.5, 0.6) is 5.75 Å². The van der Waals surface area contributed by atoms with Crippen molar-refractivity contribution in [2.24, 2.45) is 0 Å². The molecule has 1 heteroatoms. The van der Waals surface area contributed by atoms with Crippen LogP contribution in [-0.4, -0.2) is 6.61 Å². The van der Waals surface area contributed by atoms with Gasteiger partial charge in [0.2, 0.25) is 0 Å². The number of fused-ring (bicyclic) bond motifs is 2. The molecule has 0 bridgehead atoms. The largest absolute Gasteiger partial charge is 0.493 e. The summed E-state index contributed by atoms with van der Waals surface area (Å²) >= 11 is 0. The summed E-state index contributed by atoms with van der Waals surface area (Å²) in [7, 11) is 0. The van der Waals surface area contributed by atoms with Crippen LogP contribution in [0.25, 0.3) is 0 Å². The van der Waals surface area contributed by atoms with Crippen molar-refractivity contribution in [1.29, 1.82) is 0 Å². The lowest BCUT2D eigenvalue weighted by atomic mass is 9.89. The Balaban J connectivity index is 0.000000404. The monoisotopic (exact) mass is 204 g/mol. The molecule has 2 aliphatic rings. The molecule has 0 radical (unpaired) electrons. The Labute approximate surface area is 92.5 Å². The van der Waals surface area contributed by atoms with Gasteiger partial charge in [-0.2, -0.15) is 0 Å². The predicted molar refractivity (Wildman–Crippen MR) is 63.6 cm³/mol. The number of benzene rings is 1. The van der Waals surface area contributed by atoms with Gasteiger partial charge in [-0.1, -0.05) is 26.0 Å². The van der Waals surface area contributed by atoms with Gasteiger partial charge in [0, 0.05) is 11.0 Å². The maximum atomic E-state index is 5.68. The minimum absolute atomic E-state index is 0.529. The molecule has 1 aromatic carbocycles. The van der Waals surface area contributed by atoms with Crippen molar-refractivity contribution in [1.82, 2.24) is 0 Å². The summed E-state index contributed by atoms with van der Waals surface area (Å²) in [5, 5.41) is 0. The molecule has 0 atom stereocenters. The van der Waals surface area contributed by atoms with Crippen LogP contribution >= 0.6 is 0 Å². The zero-order valence-corrected chi connectivity index (χ0v) is 9.97. The quantitative estimate of drug-likeness (QED) is 0.624. The molecule has 82 valence electrons. The van der Waals surface area contributed by atoms with Crippen LogP contribution in [0.3, 0.4) is 0 Å². The Morgan fingerprint density at radius 1 is 1.13 bits per heavy atom. The fourth-order valence-corrected chi connectivity index (χ4v) is 2.35. The molecule has 1 aliphatic carbocycles. The normalized spacial score (nSPS) is 19.7. The van der Waals surface area contributed by atoms with E-state index in [1.165, 1.54) is 30.4 Å². The van der Waals surface area contributed by atoms with Crippen molar-refractivity contribution in [3.63, 3.8) is 0 Å². The van der Waals surface area contributed by atoms with Crippen molar-refractivity contribution >= 4 is 0 Å². The minimum atomic E-state index is 0.529. The molecule has 1 fully saturated rings. The minimum Gasteiger partial charge on any atom is -0.493 e. The van der Waals surface area contributed by atoms with Crippen LogP contribution in [0.4, 0.5) is 0 Å². The van der Waals surface area contributed by atoms with Crippen LogP contribution in [0, 0.1) is 6.92 Å². The van der Waals surface area contributed by atoms with Gasteiger partial charge in [-0.3, -0.25) is 0 Å². The summed E-state index contributed by atoms with van der Waals surface area (Å²) < 4.78 is 5.68. The molecular weight excluding hydrogens is 184 g/mol. The molecule has 0 unspecified atom stereocenters. The SMILES string of the molecule is CC.Cc1ccc2c(c1)OCCC21CC1. The van der Waals surface area contributed by atoms with Crippen LogP contribution in [-0.2, 0) is 5.41 Å². The predicted octanol–water partition coefficient (Wildman–Crippen LogP) is 3.84. The molecule has 1 aliphatic heterocycles. The molecule has 0 aromatic heterocycles. The van der Waals surface area contributed by atoms with E-state index < -0.39 is 0 Å². The molecule has 1 nitrogen and oxygen atoms in total. The fraction of sp³-hybridized carbons (Fsp3) is 0.571. The van der Waals surface area contributed by atoms with Gasteiger partial charge in [-0.05, 0) is 37.8 Å². The molecular formula is C14H20O. The van der Waals surface area contributed by atoms with E-state index in [-0.39, 0.29) is 0 Å². The maximum Gasteiger partial charge on any atom is 0.123 e. The van der Waals surface area contributed by atoms with Gasteiger partial charge in [-0.15, -0.1) is 0 Å². The highest BCUT2D eigenvalue weighted by Crippen LogP contribution is 2.55. The molecule has 1 spiro atoms. The first-order chi connectivity index (χ1) is 7.30. The van der Waals surface area contributed by atoms with Gasteiger partial charge < -0.3 is 4.74 Å². The van der Waals surface area contributed by atoms with Crippen molar-refractivity contribution in [3.05, 3.63) is 29.3 Å². The van der Waals surface area contributed by atoms with Gasteiger partial charge in [0.1, 0.15) is 5.75 Å². The maximum absolute atomic E-state index is 5.68. The molecule has 15 heavy (non-hydrogen) atoms. The van der Waals surface area contributed by atoms with Gasteiger partial charge in [0.05, 0.1) is 6.61 Å². The first-order valence-electron chi connectivity index (χ1n) is 6.04. The van der Waals surface area contributed by atoms with E-state index in [1.807, 2.05) is 13.8 Å². The molecule has 0 saturated heterocycles. The topological polar surface area (TPSA) is 9.23 Å². The Morgan fingerprint density at radius 3 is 2.53 bits per heavy atom. The average Bonchev–Trinajstić information content (AvgIpc) is 3.02. The van der Waals surface area contributed by atoms with Crippen LogP contribution in [0.1, 0.15) is 44.2 Å². The Hall–Kier alpha value is -0.980. The van der Waals surface area contributed by atoms with Crippen molar-refractivity contribution < 1.29 is 4.74 Å². The molecule has 1 saturated carbocycles. The number of hydrogen-bond donors (Lipinski definition) is 0. The van der Waals surface area contributed by atoms with E-state index in [0.29, 0.717) is 5.41 Å². The second kappa shape index (κ2) is 3.88. The molecule has 1 heterocycles. The van der Waals surface area contributed by atoms with E-state index in [4.69, 9.17) is 4.74 Å². The Bertz CT molecular complexity index is 350. The smallest absolute Gasteiger partial charge is 0.123 e. The zero-order chi connectivity index (χ0) is 10.9. The average molecular weight is 204 g/mol. The summed E-state index contributed by atoms with van der Waals surface area (Å²) in [6, 6.07) is 6.64. The Kier molecular flexibility index (Phi) is 2.72. The molecule has 0 amide bonds. The summed E-state index contributed by atoms with van der Waals surface area (Å²) in [6.45, 7) is 7.04. The Morgan fingerprint density at radius 2 is 1.87 bits per heavy atom. The first-order valence-corrected chi connectivity index (χ1v) is 6.04. The summed E-state index contributed by atoms with van der Waals surface area (Å²) in [5.41, 5.74) is 3.29. The highest BCUT2D eigenvalue weighted by atomic mass is 16.5. The second-order valence-electron chi connectivity index (χ2n) is 4.38. The van der Waals surface area contributed by atoms with Crippen LogP contribution < -0.4 is 4.74 Å². The second-order valence-corrected chi connectivity index (χ2v) is 4.38. The van der Waals surface area contributed by atoms with E-state index in [1.54, 1.807) is 0 Å². The lowest BCUT2D eigenvalue weighted by Gasteiger charge is -2.25. The number of ether oxygens (including phenoxy) is 1. The molecule has 3 rings (SSSR count). The summed E-state index contributed by atoms with van der Waals surface area (Å²) in [6.07, 6.45) is 3.96. The highest BCUT2D eigenvalue weighted by molar-refractivity contribution is 5.46. The zero-order valence-electron chi connectivity index (χ0n) is 9.97. The lowest BCUT2D eigenvalue weighted by Crippen LogP contribution is -2.19. The van der Waals surface area contributed by atoms with Crippen molar-refractivity contribution in [2.45, 2.75) is 45.4 Å². The van der Waals surface area contributed by atoms with Gasteiger partial charge in [-0.25, -0.2) is 0 Å². The van der Waals surface area contributed by atoms with E-state index in [9.17, 15) is 0 Å². The van der Waals surface area contributed by atoms with Crippen molar-refractivity contribution in [3.8, 4) is 5.75 Å². The van der Waals surface area contributed by atoms with Gasteiger partial charge >= 0.3 is 0 Å². The van der Waals surface area contributed by atoms with E-state index in [0.717, 1.165) is 12.4 Å². The van der Waals surface area contributed by atoms with E-state index in [2.05, 4.69) is 25.1 Å². The number of hydrogen-bond acceptors (Lipinski definition) is 1. The third-order valence-corrected chi connectivity index (χ3v) is 3.40. The highest BCUT2D eigenvalue weighted by Gasteiger charge is 2.47. The third kappa shape index (κ3) is 1.75. The molecule has 1 aromatic rings. The van der Waals surface area contributed by atoms with E-state index >= 15 is 0 Å². The van der Waals surface area contributed by atoms with Crippen LogP contribution in [0.2, 0.25) is 0 Å². The lowest BCUT2D eigenvalue weighted by molar-refractivity contribution is 0.260. The number of aryl methyl sites for hydroxylation is 1. The summed E-state index contributed by atoms with van der Waals surface area (Å²) in [5.74, 6) is 1.14. The number of rotatable bonds is 0. The van der Waals surface area contributed by atoms with Crippen molar-refractivity contribution in [2.75, 3.05) is 6.61 Å². The van der Waals surface area contributed by atoms with Gasteiger partial charge in [0.15, 0.2) is 0 Å². The first kappa shape index (κ1) is 10.5. The summed E-state index contributed by atoms with van der Waals surface area (Å²) in [4.78, 5) is 0. The standard InChI is InChI=1S/C12H14O.C2H6/c1-9-2-3-10-11(8-9)13-7-6-12(10)4-5-12;1-2/h2-3,8H,4-7H2,1H3;1-2H3. The van der Waals surface area contributed by atoms with Gasteiger partial charge in [0.25, 0.3) is 0 Å². The molecule has 0 N–H and O–H groups in total. The van der Waals surface area contributed by atoms with Crippen LogP contribution in [0.15, 0.2) is 18.2 Å². The fourth-order valence-electron chi connectivity index (χ4n) is 2.35.